The number of rotatable bonds is 5. The molecule has 0 bridgehead atoms. The highest BCUT2D eigenvalue weighted by atomic mass is 35.5. The second-order valence-corrected chi connectivity index (χ2v) is 5.96. The molecule has 0 radical (unpaired) electrons. The van der Waals surface area contributed by atoms with E-state index in [-0.39, 0.29) is 5.91 Å². The Morgan fingerprint density at radius 2 is 1.75 bits per heavy atom. The maximum Gasteiger partial charge on any atom is 0.265 e. The molecule has 0 saturated carbocycles. The zero-order valence-corrected chi connectivity index (χ0v) is 14.1. The van der Waals surface area contributed by atoms with E-state index in [1.54, 1.807) is 24.3 Å². The predicted octanol–water partition coefficient (Wildman–Crippen LogP) is 5.29. The lowest BCUT2D eigenvalue weighted by atomic mass is 10.1. The van der Waals surface area contributed by atoms with Crippen molar-refractivity contribution in [3.8, 4) is 5.75 Å². The topological polar surface area (TPSA) is 38.3 Å². The third-order valence-corrected chi connectivity index (χ3v) is 4.02. The van der Waals surface area contributed by atoms with Gasteiger partial charge < -0.3 is 10.1 Å². The van der Waals surface area contributed by atoms with Crippen LogP contribution in [0.2, 0.25) is 5.02 Å². The van der Waals surface area contributed by atoms with E-state index in [1.807, 2.05) is 49.4 Å². The van der Waals surface area contributed by atoms with Gasteiger partial charge in [-0.3, -0.25) is 4.79 Å². The number of amides is 1. The van der Waals surface area contributed by atoms with Gasteiger partial charge in [0, 0.05) is 10.7 Å². The third kappa shape index (κ3) is 3.87. The summed E-state index contributed by atoms with van der Waals surface area (Å²) in [5.74, 6) is 0.461. The number of nitrogens with one attached hydrogen (secondary N) is 1. The lowest BCUT2D eigenvalue weighted by Gasteiger charge is -2.17. The molecule has 122 valence electrons. The Kier molecular flexibility index (Phi) is 5.02. The molecule has 1 atom stereocenters. The van der Waals surface area contributed by atoms with E-state index in [0.29, 0.717) is 17.2 Å². The minimum absolute atomic E-state index is 0.164. The Hall–Kier alpha value is -2.52. The quantitative estimate of drug-likeness (QED) is 0.686. The first-order chi connectivity index (χ1) is 11.7. The molecular formula is C20H18ClNO2. The Balaban J connectivity index is 1.72. The number of anilines is 1. The van der Waals surface area contributed by atoms with Gasteiger partial charge in [-0.2, -0.15) is 0 Å². The highest BCUT2D eigenvalue weighted by molar-refractivity contribution is 6.30. The molecule has 0 aliphatic heterocycles. The summed E-state index contributed by atoms with van der Waals surface area (Å²) in [6.45, 7) is 1.92. The summed E-state index contributed by atoms with van der Waals surface area (Å²) in [5, 5.41) is 5.79. The predicted molar refractivity (Wildman–Crippen MR) is 98.7 cm³/mol. The molecule has 0 unspecified atom stereocenters. The number of hydrogen-bond donors (Lipinski definition) is 1. The molecule has 3 aromatic rings. The van der Waals surface area contributed by atoms with Crippen molar-refractivity contribution in [3.05, 3.63) is 71.8 Å². The van der Waals surface area contributed by atoms with Crippen LogP contribution in [0.3, 0.4) is 0 Å². The largest absolute Gasteiger partial charge is 0.481 e. The minimum Gasteiger partial charge on any atom is -0.481 e. The monoisotopic (exact) mass is 339 g/mol. The van der Waals surface area contributed by atoms with Gasteiger partial charge in [-0.1, -0.05) is 48.9 Å². The van der Waals surface area contributed by atoms with Gasteiger partial charge in [0.1, 0.15) is 5.75 Å². The van der Waals surface area contributed by atoms with Crippen molar-refractivity contribution in [3.63, 3.8) is 0 Å². The lowest BCUT2D eigenvalue weighted by molar-refractivity contribution is -0.122. The van der Waals surface area contributed by atoms with E-state index in [2.05, 4.69) is 5.32 Å². The maximum atomic E-state index is 12.5. The standard InChI is InChI=1S/C20H18ClNO2/c1-2-19(24-18-11-8-16(21)9-12-18)20(23)22-17-10-7-14-5-3-4-6-15(14)13-17/h3-13,19H,2H2,1H3,(H,22,23)/t19-/m1/s1. The van der Waals surface area contributed by atoms with Gasteiger partial charge in [0.2, 0.25) is 0 Å². The highest BCUT2D eigenvalue weighted by Gasteiger charge is 2.18. The number of hydrogen-bond acceptors (Lipinski definition) is 2. The molecule has 4 heteroatoms. The number of carbonyl (C=O) groups is 1. The fraction of sp³-hybridized carbons (Fsp3) is 0.150. The van der Waals surface area contributed by atoms with Crippen molar-refractivity contribution in [2.24, 2.45) is 0 Å². The molecule has 0 saturated heterocycles. The first-order valence-electron chi connectivity index (χ1n) is 7.87. The molecule has 0 fully saturated rings. The average molecular weight is 340 g/mol. The second-order valence-electron chi connectivity index (χ2n) is 5.52. The molecule has 1 N–H and O–H groups in total. The number of halogens is 1. The summed E-state index contributed by atoms with van der Waals surface area (Å²) >= 11 is 5.86. The molecule has 0 aromatic heterocycles. The van der Waals surface area contributed by atoms with E-state index < -0.39 is 6.10 Å². The molecule has 3 nitrogen and oxygen atoms in total. The molecule has 0 aliphatic rings. The molecule has 24 heavy (non-hydrogen) atoms. The van der Waals surface area contributed by atoms with E-state index in [9.17, 15) is 4.79 Å². The van der Waals surface area contributed by atoms with Crippen molar-refractivity contribution < 1.29 is 9.53 Å². The van der Waals surface area contributed by atoms with E-state index >= 15 is 0 Å². The molecule has 1 amide bonds. The zero-order valence-electron chi connectivity index (χ0n) is 13.3. The summed E-state index contributed by atoms with van der Waals surface area (Å²) in [7, 11) is 0. The first kappa shape index (κ1) is 16.3. The van der Waals surface area contributed by atoms with Crippen LogP contribution >= 0.6 is 11.6 Å². The van der Waals surface area contributed by atoms with Crippen LogP contribution in [0.5, 0.6) is 5.75 Å². The third-order valence-electron chi connectivity index (χ3n) is 3.77. The van der Waals surface area contributed by atoms with Gasteiger partial charge in [0.15, 0.2) is 6.10 Å². The van der Waals surface area contributed by atoms with Gasteiger partial charge in [-0.25, -0.2) is 0 Å². The fourth-order valence-corrected chi connectivity index (χ4v) is 2.62. The van der Waals surface area contributed by atoms with Gasteiger partial charge in [0.25, 0.3) is 5.91 Å². The average Bonchev–Trinajstić information content (AvgIpc) is 2.61. The van der Waals surface area contributed by atoms with Gasteiger partial charge in [0.05, 0.1) is 0 Å². The van der Waals surface area contributed by atoms with Crippen molar-refractivity contribution in [1.29, 1.82) is 0 Å². The van der Waals surface area contributed by atoms with Crippen LogP contribution in [-0.4, -0.2) is 12.0 Å². The normalized spacial score (nSPS) is 11.9. The summed E-state index contributed by atoms with van der Waals surface area (Å²) in [6, 6.07) is 20.9. The van der Waals surface area contributed by atoms with Crippen LogP contribution in [0, 0.1) is 0 Å². The molecule has 0 heterocycles. The van der Waals surface area contributed by atoms with Crippen molar-refractivity contribution in [1.82, 2.24) is 0 Å². The maximum absolute atomic E-state index is 12.5. The van der Waals surface area contributed by atoms with E-state index in [4.69, 9.17) is 16.3 Å². The minimum atomic E-state index is -0.558. The fourth-order valence-electron chi connectivity index (χ4n) is 2.49. The SMILES string of the molecule is CC[C@@H](Oc1ccc(Cl)cc1)C(=O)Nc1ccc2ccccc2c1. The zero-order chi connectivity index (χ0) is 16.9. The van der Waals surface area contributed by atoms with Crippen LogP contribution in [-0.2, 0) is 4.79 Å². The molecule has 0 aliphatic carbocycles. The van der Waals surface area contributed by atoms with E-state index in [0.717, 1.165) is 16.5 Å². The first-order valence-corrected chi connectivity index (χ1v) is 8.25. The van der Waals surface area contributed by atoms with Crippen LogP contribution in [0.15, 0.2) is 66.7 Å². The number of ether oxygens (including phenoxy) is 1. The van der Waals surface area contributed by atoms with Crippen molar-refractivity contribution in [2.75, 3.05) is 5.32 Å². The Morgan fingerprint density at radius 3 is 2.46 bits per heavy atom. The molecule has 3 aromatic carbocycles. The van der Waals surface area contributed by atoms with E-state index in [1.165, 1.54) is 0 Å². The number of benzene rings is 3. The van der Waals surface area contributed by atoms with Crippen molar-refractivity contribution in [2.45, 2.75) is 19.4 Å². The summed E-state index contributed by atoms with van der Waals surface area (Å²) < 4.78 is 5.77. The van der Waals surface area contributed by atoms with Gasteiger partial charge in [-0.05, 0) is 53.6 Å². The highest BCUT2D eigenvalue weighted by Crippen LogP contribution is 2.21. The number of fused-ring (bicyclic) bond motifs is 1. The molecule has 3 rings (SSSR count). The van der Waals surface area contributed by atoms with Crippen LogP contribution in [0.1, 0.15) is 13.3 Å². The smallest absolute Gasteiger partial charge is 0.265 e. The van der Waals surface area contributed by atoms with Gasteiger partial charge >= 0.3 is 0 Å². The van der Waals surface area contributed by atoms with Gasteiger partial charge in [-0.15, -0.1) is 0 Å². The summed E-state index contributed by atoms with van der Waals surface area (Å²) in [5.41, 5.74) is 0.761. The lowest BCUT2D eigenvalue weighted by Crippen LogP contribution is -2.32. The Bertz CT molecular complexity index is 846. The Labute approximate surface area is 146 Å². The molecular weight excluding hydrogens is 322 g/mol. The van der Waals surface area contributed by atoms with Crippen LogP contribution in [0.4, 0.5) is 5.69 Å². The molecule has 0 spiro atoms. The summed E-state index contributed by atoms with van der Waals surface area (Å²) in [6.07, 6.45) is 0.0137. The number of carbonyl (C=O) groups excluding carboxylic acids is 1. The summed E-state index contributed by atoms with van der Waals surface area (Å²) in [4.78, 5) is 12.5. The Morgan fingerprint density at radius 1 is 1.04 bits per heavy atom. The van der Waals surface area contributed by atoms with Crippen LogP contribution in [0.25, 0.3) is 10.8 Å². The van der Waals surface area contributed by atoms with Crippen molar-refractivity contribution >= 4 is 34.0 Å². The second kappa shape index (κ2) is 7.37. The van der Waals surface area contributed by atoms with Crippen LogP contribution < -0.4 is 10.1 Å².